The van der Waals surface area contributed by atoms with E-state index in [1.165, 1.54) is 11.8 Å². The van der Waals surface area contributed by atoms with Crippen molar-refractivity contribution < 1.29 is 9.59 Å². The molecule has 0 bridgehead atoms. The van der Waals surface area contributed by atoms with E-state index >= 15 is 0 Å². The van der Waals surface area contributed by atoms with Crippen molar-refractivity contribution in [3.63, 3.8) is 0 Å². The molecule has 2 amide bonds. The monoisotopic (exact) mass is 278 g/mol. The summed E-state index contributed by atoms with van der Waals surface area (Å²) in [5.41, 5.74) is 0.830. The van der Waals surface area contributed by atoms with E-state index in [2.05, 4.69) is 10.6 Å². The van der Waals surface area contributed by atoms with Crippen LogP contribution in [-0.4, -0.2) is 23.6 Å². The quantitative estimate of drug-likeness (QED) is 0.888. The van der Waals surface area contributed by atoms with Gasteiger partial charge >= 0.3 is 0 Å². The Morgan fingerprint density at radius 1 is 1.42 bits per heavy atom. The van der Waals surface area contributed by atoms with Gasteiger partial charge in [-0.1, -0.05) is 26.0 Å². The second-order valence-electron chi connectivity index (χ2n) is 4.99. The summed E-state index contributed by atoms with van der Waals surface area (Å²) in [6.07, 6.45) is 0.220. The van der Waals surface area contributed by atoms with Crippen LogP contribution >= 0.6 is 11.8 Å². The fourth-order valence-corrected chi connectivity index (χ4v) is 2.90. The number of benzene rings is 1. The van der Waals surface area contributed by atoms with Gasteiger partial charge in [0.25, 0.3) is 0 Å². The summed E-state index contributed by atoms with van der Waals surface area (Å²) in [6.45, 7) is 4.73. The molecule has 2 N–H and O–H groups in total. The van der Waals surface area contributed by atoms with Gasteiger partial charge in [0.1, 0.15) is 0 Å². The Bertz CT molecular complexity index is 488. The average molecular weight is 278 g/mol. The van der Waals surface area contributed by atoms with Crippen molar-refractivity contribution in [1.29, 1.82) is 0 Å². The van der Waals surface area contributed by atoms with Gasteiger partial charge in [0.15, 0.2) is 0 Å². The molecule has 19 heavy (non-hydrogen) atoms. The molecule has 0 aromatic heterocycles. The molecule has 0 unspecified atom stereocenters. The van der Waals surface area contributed by atoms with Gasteiger partial charge in [-0.05, 0) is 18.1 Å². The van der Waals surface area contributed by atoms with Crippen molar-refractivity contribution in [2.24, 2.45) is 5.92 Å². The van der Waals surface area contributed by atoms with Crippen LogP contribution in [0.1, 0.15) is 20.3 Å². The maximum atomic E-state index is 11.9. The number of hydrogen-bond donors (Lipinski definition) is 2. The zero-order chi connectivity index (χ0) is 13.8. The molecule has 1 aromatic carbocycles. The topological polar surface area (TPSA) is 58.2 Å². The molecule has 2 rings (SSSR count). The van der Waals surface area contributed by atoms with Crippen LogP contribution in [0.5, 0.6) is 0 Å². The van der Waals surface area contributed by atoms with Crippen LogP contribution in [0.3, 0.4) is 0 Å². The lowest BCUT2D eigenvalue weighted by Gasteiger charge is -2.23. The number of carbonyl (C=O) groups is 2. The number of thioether (sulfide) groups is 1. The Balaban J connectivity index is 1.95. The summed E-state index contributed by atoms with van der Waals surface area (Å²) in [5.74, 6) is 0.252. The molecule has 102 valence electrons. The van der Waals surface area contributed by atoms with Crippen molar-refractivity contribution in [2.45, 2.75) is 30.4 Å². The van der Waals surface area contributed by atoms with E-state index < -0.39 is 0 Å². The summed E-state index contributed by atoms with van der Waals surface area (Å²) < 4.78 is 0. The van der Waals surface area contributed by atoms with Crippen molar-refractivity contribution in [3.05, 3.63) is 24.3 Å². The summed E-state index contributed by atoms with van der Waals surface area (Å²) in [4.78, 5) is 24.7. The highest BCUT2D eigenvalue weighted by Gasteiger charge is 2.28. The molecular formula is C14H18N2O2S. The lowest BCUT2D eigenvalue weighted by Crippen LogP contribution is -2.35. The van der Waals surface area contributed by atoms with Gasteiger partial charge in [-0.25, -0.2) is 0 Å². The lowest BCUT2D eigenvalue weighted by molar-refractivity contribution is -0.124. The van der Waals surface area contributed by atoms with E-state index in [1.807, 2.05) is 38.1 Å². The molecule has 1 heterocycles. The predicted molar refractivity (Wildman–Crippen MR) is 77.2 cm³/mol. The van der Waals surface area contributed by atoms with E-state index in [9.17, 15) is 9.59 Å². The van der Waals surface area contributed by atoms with E-state index in [0.717, 1.165) is 10.6 Å². The number of carbonyl (C=O) groups excluding carboxylic acids is 2. The van der Waals surface area contributed by atoms with E-state index in [-0.39, 0.29) is 23.5 Å². The number of anilines is 1. The maximum absolute atomic E-state index is 11.9. The number of fused-ring (bicyclic) bond motifs is 1. The first-order valence-electron chi connectivity index (χ1n) is 6.39. The zero-order valence-corrected chi connectivity index (χ0v) is 11.9. The third-order valence-corrected chi connectivity index (χ3v) is 4.06. The highest BCUT2D eigenvalue weighted by Crippen LogP contribution is 2.36. The molecular weight excluding hydrogens is 260 g/mol. The molecule has 1 aliphatic rings. The third kappa shape index (κ3) is 3.73. The molecule has 1 atom stereocenters. The third-order valence-electron chi connectivity index (χ3n) is 2.78. The van der Waals surface area contributed by atoms with E-state index in [4.69, 9.17) is 0 Å². The van der Waals surface area contributed by atoms with Crippen molar-refractivity contribution in [1.82, 2.24) is 5.32 Å². The van der Waals surface area contributed by atoms with Gasteiger partial charge < -0.3 is 10.6 Å². The maximum Gasteiger partial charge on any atom is 0.238 e. The molecule has 5 heteroatoms. The molecule has 0 spiro atoms. The largest absolute Gasteiger partial charge is 0.356 e. The SMILES string of the molecule is CC(C)CNC(=O)C[C@@H]1Sc2ccccc2NC1=O. The van der Waals surface area contributed by atoms with Crippen molar-refractivity contribution in [2.75, 3.05) is 11.9 Å². The number of rotatable bonds is 4. The second kappa shape index (κ2) is 6.10. The standard InChI is InChI=1S/C14H18N2O2S/c1-9(2)8-15-13(17)7-12-14(18)16-10-5-3-4-6-11(10)19-12/h3-6,9,12H,7-8H2,1-2H3,(H,15,17)(H,16,18)/t12-/m0/s1. The number of amides is 2. The van der Waals surface area contributed by atoms with Crippen LogP contribution in [0.15, 0.2) is 29.2 Å². The molecule has 1 aromatic rings. The molecule has 0 fully saturated rings. The van der Waals surface area contributed by atoms with Crippen molar-refractivity contribution >= 4 is 29.3 Å². The minimum Gasteiger partial charge on any atom is -0.356 e. The second-order valence-corrected chi connectivity index (χ2v) is 6.24. The van der Waals surface area contributed by atoms with E-state index in [1.54, 1.807) is 0 Å². The normalized spacial score (nSPS) is 17.8. The van der Waals surface area contributed by atoms with Gasteiger partial charge in [0.05, 0.1) is 10.9 Å². The molecule has 0 radical (unpaired) electrons. The van der Waals surface area contributed by atoms with Gasteiger partial charge in [0.2, 0.25) is 11.8 Å². The Morgan fingerprint density at radius 3 is 2.89 bits per heavy atom. The smallest absolute Gasteiger partial charge is 0.238 e. The number of hydrogen-bond acceptors (Lipinski definition) is 3. The van der Waals surface area contributed by atoms with Gasteiger partial charge in [-0.3, -0.25) is 9.59 Å². The summed E-state index contributed by atoms with van der Waals surface area (Å²) in [5, 5.41) is 5.34. The molecule has 4 nitrogen and oxygen atoms in total. The Hall–Kier alpha value is -1.49. The van der Waals surface area contributed by atoms with Crippen LogP contribution in [0.4, 0.5) is 5.69 Å². The van der Waals surface area contributed by atoms with E-state index in [0.29, 0.717) is 12.5 Å². The predicted octanol–water partition coefficient (Wildman–Crippen LogP) is 2.26. The Kier molecular flexibility index (Phi) is 4.47. The minimum absolute atomic E-state index is 0.0688. The zero-order valence-electron chi connectivity index (χ0n) is 11.1. The van der Waals surface area contributed by atoms with Crippen LogP contribution in [-0.2, 0) is 9.59 Å². The first-order chi connectivity index (χ1) is 9.06. The first kappa shape index (κ1) is 13.9. The molecule has 0 saturated carbocycles. The molecule has 1 aliphatic heterocycles. The van der Waals surface area contributed by atoms with Gasteiger partial charge in [-0.2, -0.15) is 0 Å². The fourth-order valence-electron chi connectivity index (χ4n) is 1.79. The van der Waals surface area contributed by atoms with Crippen LogP contribution in [0.2, 0.25) is 0 Å². The van der Waals surface area contributed by atoms with Gasteiger partial charge in [-0.15, -0.1) is 11.8 Å². The first-order valence-corrected chi connectivity index (χ1v) is 7.27. The summed E-state index contributed by atoms with van der Waals surface area (Å²) in [6, 6.07) is 7.64. The minimum atomic E-state index is -0.345. The van der Waals surface area contributed by atoms with Crippen molar-refractivity contribution in [3.8, 4) is 0 Å². The summed E-state index contributed by atoms with van der Waals surface area (Å²) >= 11 is 1.45. The summed E-state index contributed by atoms with van der Waals surface area (Å²) in [7, 11) is 0. The number of nitrogens with one attached hydrogen (secondary N) is 2. The lowest BCUT2D eigenvalue weighted by atomic mass is 10.2. The van der Waals surface area contributed by atoms with Crippen LogP contribution in [0.25, 0.3) is 0 Å². The van der Waals surface area contributed by atoms with Crippen LogP contribution < -0.4 is 10.6 Å². The van der Waals surface area contributed by atoms with Crippen LogP contribution in [0, 0.1) is 5.92 Å². The Morgan fingerprint density at radius 2 is 2.16 bits per heavy atom. The fraction of sp³-hybridized carbons (Fsp3) is 0.429. The molecule has 0 aliphatic carbocycles. The molecule has 0 saturated heterocycles. The Labute approximate surface area is 117 Å². The highest BCUT2D eigenvalue weighted by molar-refractivity contribution is 8.01. The number of para-hydroxylation sites is 1. The average Bonchev–Trinajstić information content (AvgIpc) is 2.37. The highest BCUT2D eigenvalue weighted by atomic mass is 32.2. The van der Waals surface area contributed by atoms with Gasteiger partial charge in [0, 0.05) is 17.9 Å².